The van der Waals surface area contributed by atoms with Gasteiger partial charge in [-0.2, -0.15) is 5.10 Å². The van der Waals surface area contributed by atoms with Crippen LogP contribution in [0.15, 0.2) is 24.5 Å². The number of nitrogens with zero attached hydrogens (tertiary/aromatic N) is 6. The van der Waals surface area contributed by atoms with Gasteiger partial charge in [-0.25, -0.2) is 9.97 Å². The summed E-state index contributed by atoms with van der Waals surface area (Å²) < 4.78 is 1.64. The van der Waals surface area contributed by atoms with Crippen LogP contribution < -0.4 is 5.73 Å². The first-order valence-corrected chi connectivity index (χ1v) is 8.64. The van der Waals surface area contributed by atoms with Gasteiger partial charge in [-0.15, -0.1) is 0 Å². The smallest absolute Gasteiger partial charge is 0.272 e. The van der Waals surface area contributed by atoms with Gasteiger partial charge in [-0.05, 0) is 32.4 Å². The Hall–Kier alpha value is -2.97. The summed E-state index contributed by atoms with van der Waals surface area (Å²) in [4.78, 5) is 37.0. The lowest BCUT2D eigenvalue weighted by molar-refractivity contribution is -0.134. The second-order valence-corrected chi connectivity index (χ2v) is 6.39. The number of nitrogen functional groups attached to an aromatic ring is 1. The fourth-order valence-corrected chi connectivity index (χ4v) is 3.09. The maximum Gasteiger partial charge on any atom is 0.272 e. The van der Waals surface area contributed by atoms with Crippen LogP contribution >= 0.6 is 0 Å². The molecule has 3 rings (SSSR count). The van der Waals surface area contributed by atoms with Crippen molar-refractivity contribution in [2.24, 2.45) is 0 Å². The van der Waals surface area contributed by atoms with Gasteiger partial charge in [0.05, 0.1) is 0 Å². The number of anilines is 1. The first-order chi connectivity index (χ1) is 12.5. The van der Waals surface area contributed by atoms with Crippen molar-refractivity contribution in [1.29, 1.82) is 0 Å². The van der Waals surface area contributed by atoms with E-state index in [1.54, 1.807) is 45.9 Å². The van der Waals surface area contributed by atoms with E-state index < -0.39 is 0 Å². The molecule has 3 heterocycles. The fraction of sp³-hybridized carbons (Fsp3) is 0.471. The molecule has 2 aromatic heterocycles. The minimum absolute atomic E-state index is 0.00474. The van der Waals surface area contributed by atoms with Crippen molar-refractivity contribution in [3.8, 4) is 0 Å². The number of rotatable bonds is 3. The van der Waals surface area contributed by atoms with Crippen molar-refractivity contribution in [2.45, 2.75) is 26.3 Å². The molecule has 9 heteroatoms. The van der Waals surface area contributed by atoms with E-state index in [0.29, 0.717) is 44.0 Å². The molecule has 2 aromatic rings. The maximum absolute atomic E-state index is 12.7. The van der Waals surface area contributed by atoms with Crippen LogP contribution in [0.3, 0.4) is 0 Å². The van der Waals surface area contributed by atoms with Gasteiger partial charge >= 0.3 is 0 Å². The third-order valence-corrected chi connectivity index (χ3v) is 4.46. The summed E-state index contributed by atoms with van der Waals surface area (Å²) >= 11 is 0. The normalized spacial score (nSPS) is 16.2. The Labute approximate surface area is 151 Å². The molecule has 0 aliphatic carbocycles. The van der Waals surface area contributed by atoms with Crippen molar-refractivity contribution in [3.63, 3.8) is 0 Å². The Bertz CT molecular complexity index is 770. The van der Waals surface area contributed by atoms with E-state index >= 15 is 0 Å². The average molecular weight is 357 g/mol. The highest BCUT2D eigenvalue weighted by molar-refractivity contribution is 5.92. The van der Waals surface area contributed by atoms with Gasteiger partial charge in [-0.3, -0.25) is 14.3 Å². The van der Waals surface area contributed by atoms with Gasteiger partial charge in [0, 0.05) is 44.3 Å². The first-order valence-electron chi connectivity index (χ1n) is 8.64. The number of nitrogens with two attached hydrogens (primary N) is 1. The quantitative estimate of drug-likeness (QED) is 0.856. The largest absolute Gasteiger partial charge is 0.368 e. The molecule has 0 spiro atoms. The van der Waals surface area contributed by atoms with E-state index in [1.807, 2.05) is 6.92 Å². The topological polar surface area (TPSA) is 110 Å². The van der Waals surface area contributed by atoms with Crippen LogP contribution in [-0.4, -0.2) is 67.5 Å². The van der Waals surface area contributed by atoms with Crippen molar-refractivity contribution in [2.75, 3.05) is 31.9 Å². The zero-order valence-corrected chi connectivity index (χ0v) is 15.0. The molecule has 2 amide bonds. The Balaban J connectivity index is 1.66. The molecule has 0 bridgehead atoms. The SMILES string of the molecule is Cc1cc(C(=O)N2CCCN(C(=O)C(C)n3cccn3)CC2)nc(N)n1. The Morgan fingerprint density at radius 1 is 1.15 bits per heavy atom. The van der Waals surface area contributed by atoms with Crippen molar-refractivity contribution in [1.82, 2.24) is 29.5 Å². The van der Waals surface area contributed by atoms with E-state index in [2.05, 4.69) is 15.1 Å². The number of amides is 2. The van der Waals surface area contributed by atoms with E-state index in [4.69, 9.17) is 5.73 Å². The standard InChI is InChI=1S/C17H23N7O2/c1-12-11-14(21-17(18)20-12)16(26)23-7-4-6-22(9-10-23)15(25)13(2)24-8-3-5-19-24/h3,5,8,11,13H,4,6-7,9-10H2,1-2H3,(H2,18,20,21). The highest BCUT2D eigenvalue weighted by Gasteiger charge is 2.27. The molecule has 9 nitrogen and oxygen atoms in total. The molecule has 1 unspecified atom stereocenters. The predicted molar refractivity (Wildman–Crippen MR) is 95.2 cm³/mol. The van der Waals surface area contributed by atoms with Crippen LogP contribution in [0.5, 0.6) is 0 Å². The number of carbonyl (C=O) groups is 2. The molecule has 1 fully saturated rings. The number of hydrogen-bond acceptors (Lipinski definition) is 6. The molecule has 1 saturated heterocycles. The fourth-order valence-electron chi connectivity index (χ4n) is 3.09. The van der Waals surface area contributed by atoms with Crippen molar-refractivity contribution < 1.29 is 9.59 Å². The third-order valence-electron chi connectivity index (χ3n) is 4.46. The Morgan fingerprint density at radius 2 is 1.88 bits per heavy atom. The Kier molecular flexibility index (Phi) is 5.15. The minimum atomic E-state index is -0.364. The van der Waals surface area contributed by atoms with E-state index in [1.165, 1.54) is 0 Å². The second-order valence-electron chi connectivity index (χ2n) is 6.39. The summed E-state index contributed by atoms with van der Waals surface area (Å²) in [6.07, 6.45) is 4.14. The monoisotopic (exact) mass is 357 g/mol. The van der Waals surface area contributed by atoms with E-state index in [-0.39, 0.29) is 23.8 Å². The molecule has 1 aliphatic rings. The molecular weight excluding hydrogens is 334 g/mol. The highest BCUT2D eigenvalue weighted by Crippen LogP contribution is 2.14. The molecule has 0 saturated carbocycles. The summed E-state index contributed by atoms with van der Waals surface area (Å²) in [7, 11) is 0. The molecule has 0 aromatic carbocycles. The zero-order valence-electron chi connectivity index (χ0n) is 15.0. The average Bonchev–Trinajstić information content (AvgIpc) is 3.03. The van der Waals surface area contributed by atoms with Crippen molar-refractivity contribution in [3.05, 3.63) is 35.9 Å². The molecule has 1 atom stereocenters. The summed E-state index contributed by atoms with van der Waals surface area (Å²) in [5, 5.41) is 4.13. The van der Waals surface area contributed by atoms with Gasteiger partial charge in [0.15, 0.2) is 0 Å². The van der Waals surface area contributed by atoms with Gasteiger partial charge in [0.1, 0.15) is 11.7 Å². The summed E-state index contributed by atoms with van der Waals surface area (Å²) in [5.41, 5.74) is 6.59. The predicted octanol–water partition coefficient (Wildman–Crippen LogP) is 0.499. The van der Waals surface area contributed by atoms with Crippen LogP contribution in [0.25, 0.3) is 0 Å². The maximum atomic E-state index is 12.7. The molecule has 2 N–H and O–H groups in total. The summed E-state index contributed by atoms with van der Waals surface area (Å²) in [6, 6.07) is 3.06. The number of carbonyl (C=O) groups excluding carboxylic acids is 2. The second kappa shape index (κ2) is 7.51. The lowest BCUT2D eigenvalue weighted by atomic mass is 10.2. The van der Waals surface area contributed by atoms with E-state index in [9.17, 15) is 9.59 Å². The molecular formula is C17H23N7O2. The number of aryl methyl sites for hydroxylation is 1. The number of hydrogen-bond donors (Lipinski definition) is 1. The van der Waals surface area contributed by atoms with Crippen molar-refractivity contribution >= 4 is 17.8 Å². The lowest BCUT2D eigenvalue weighted by Gasteiger charge is -2.24. The van der Waals surface area contributed by atoms with Crippen LogP contribution in [0.2, 0.25) is 0 Å². The van der Waals surface area contributed by atoms with E-state index in [0.717, 1.165) is 0 Å². The van der Waals surface area contributed by atoms with Gasteiger partial charge < -0.3 is 15.5 Å². The lowest BCUT2D eigenvalue weighted by Crippen LogP contribution is -2.40. The summed E-state index contributed by atoms with van der Waals surface area (Å²) in [5.74, 6) is -0.0882. The minimum Gasteiger partial charge on any atom is -0.368 e. The Morgan fingerprint density at radius 3 is 2.58 bits per heavy atom. The molecule has 138 valence electrons. The van der Waals surface area contributed by atoms with Crippen LogP contribution in [-0.2, 0) is 4.79 Å². The van der Waals surface area contributed by atoms with Gasteiger partial charge in [0.2, 0.25) is 11.9 Å². The highest BCUT2D eigenvalue weighted by atomic mass is 16.2. The van der Waals surface area contributed by atoms with Crippen LogP contribution in [0.4, 0.5) is 5.95 Å². The van der Waals surface area contributed by atoms with Crippen LogP contribution in [0, 0.1) is 6.92 Å². The number of aromatic nitrogens is 4. The first kappa shape index (κ1) is 17.8. The molecule has 1 aliphatic heterocycles. The molecule has 26 heavy (non-hydrogen) atoms. The molecule has 0 radical (unpaired) electrons. The van der Waals surface area contributed by atoms with Gasteiger partial charge in [-0.1, -0.05) is 0 Å². The third kappa shape index (κ3) is 3.81. The van der Waals surface area contributed by atoms with Crippen LogP contribution in [0.1, 0.15) is 35.6 Å². The van der Waals surface area contributed by atoms with Gasteiger partial charge in [0.25, 0.3) is 5.91 Å². The zero-order chi connectivity index (χ0) is 18.7. The summed E-state index contributed by atoms with van der Waals surface area (Å²) in [6.45, 7) is 5.72.